The van der Waals surface area contributed by atoms with Crippen LogP contribution in [0.2, 0.25) is 0 Å². The van der Waals surface area contributed by atoms with E-state index in [1.807, 2.05) is 30.5 Å². The molecule has 3 unspecified atom stereocenters. The molecule has 0 saturated carbocycles. The molecule has 2 aromatic rings. The summed E-state index contributed by atoms with van der Waals surface area (Å²) >= 11 is 0. The third-order valence-corrected chi connectivity index (χ3v) is 5.51. The highest BCUT2D eigenvalue weighted by molar-refractivity contribution is 5.67. The molecule has 130 valence electrons. The van der Waals surface area contributed by atoms with Crippen LogP contribution < -0.4 is 14.2 Å². The Kier molecular flexibility index (Phi) is 3.74. The average Bonchev–Trinajstić information content (AvgIpc) is 3.13. The van der Waals surface area contributed by atoms with Crippen molar-refractivity contribution < 1.29 is 14.2 Å². The molecule has 3 atom stereocenters. The number of piperidine rings is 2. The minimum atomic E-state index is 0.295. The molecule has 1 aromatic carbocycles. The van der Waals surface area contributed by atoms with Crippen molar-refractivity contribution in [1.82, 2.24) is 9.88 Å². The molecule has 25 heavy (non-hydrogen) atoms. The minimum absolute atomic E-state index is 0.295. The summed E-state index contributed by atoms with van der Waals surface area (Å²) in [6.07, 6.45) is 5.86. The molecular formula is C20H22N2O3. The molecule has 2 bridgehead atoms. The van der Waals surface area contributed by atoms with Crippen molar-refractivity contribution in [2.24, 2.45) is 5.92 Å². The standard InChI is InChI=1S/C20H22N2O3/c1-2-16-12-22(8-1)9-7-17(16)25-20-6-4-15(11-21-20)14-3-5-18-19(10-14)24-13-23-18/h3-6,10-11,16-17H,1-2,7-9,12-13H2. The Bertz CT molecular complexity index is 762. The van der Waals surface area contributed by atoms with Crippen molar-refractivity contribution >= 4 is 0 Å². The summed E-state index contributed by atoms with van der Waals surface area (Å²) < 4.78 is 17.0. The van der Waals surface area contributed by atoms with Crippen LogP contribution in [0.15, 0.2) is 36.5 Å². The number of hydrogen-bond donors (Lipinski definition) is 0. The second-order valence-corrected chi connectivity index (χ2v) is 7.10. The van der Waals surface area contributed by atoms with Gasteiger partial charge in [0.1, 0.15) is 6.10 Å². The van der Waals surface area contributed by atoms with Crippen LogP contribution in [0, 0.1) is 5.92 Å². The second kappa shape index (κ2) is 6.23. The van der Waals surface area contributed by atoms with E-state index >= 15 is 0 Å². The number of ether oxygens (including phenoxy) is 3. The molecule has 5 heteroatoms. The van der Waals surface area contributed by atoms with Crippen LogP contribution >= 0.6 is 0 Å². The zero-order chi connectivity index (χ0) is 16.6. The van der Waals surface area contributed by atoms with Gasteiger partial charge in [0.25, 0.3) is 0 Å². The summed E-state index contributed by atoms with van der Waals surface area (Å²) in [6, 6.07) is 10.0. The molecule has 0 radical (unpaired) electrons. The van der Waals surface area contributed by atoms with Gasteiger partial charge in [-0.05, 0) is 49.6 Å². The molecule has 0 aliphatic carbocycles. The molecule has 5 nitrogen and oxygen atoms in total. The summed E-state index contributed by atoms with van der Waals surface area (Å²) in [5.41, 5.74) is 2.13. The minimum Gasteiger partial charge on any atom is -0.474 e. The lowest BCUT2D eigenvalue weighted by molar-refractivity contribution is 0.0128. The summed E-state index contributed by atoms with van der Waals surface area (Å²) in [7, 11) is 0. The van der Waals surface area contributed by atoms with E-state index < -0.39 is 0 Å². The van der Waals surface area contributed by atoms with E-state index in [4.69, 9.17) is 14.2 Å². The summed E-state index contributed by atoms with van der Waals surface area (Å²) in [5, 5.41) is 0. The van der Waals surface area contributed by atoms with Gasteiger partial charge in [0.15, 0.2) is 11.5 Å². The van der Waals surface area contributed by atoms with E-state index in [9.17, 15) is 0 Å². The van der Waals surface area contributed by atoms with Crippen LogP contribution in [0.25, 0.3) is 11.1 Å². The topological polar surface area (TPSA) is 43.8 Å². The summed E-state index contributed by atoms with van der Waals surface area (Å²) in [5.74, 6) is 2.98. The maximum Gasteiger partial charge on any atom is 0.231 e. The van der Waals surface area contributed by atoms with Gasteiger partial charge in [-0.25, -0.2) is 4.98 Å². The zero-order valence-corrected chi connectivity index (χ0v) is 14.2. The number of benzene rings is 1. The van der Waals surface area contributed by atoms with Crippen molar-refractivity contribution in [3.63, 3.8) is 0 Å². The maximum atomic E-state index is 6.22. The van der Waals surface area contributed by atoms with Gasteiger partial charge in [-0.15, -0.1) is 0 Å². The lowest BCUT2D eigenvalue weighted by Crippen LogP contribution is -2.49. The molecule has 0 amide bonds. The third-order valence-electron chi connectivity index (χ3n) is 5.51. The van der Waals surface area contributed by atoms with Gasteiger partial charge in [-0.2, -0.15) is 0 Å². The van der Waals surface area contributed by atoms with Crippen molar-refractivity contribution in [1.29, 1.82) is 0 Å². The average molecular weight is 338 g/mol. The van der Waals surface area contributed by atoms with Crippen LogP contribution in [0.4, 0.5) is 0 Å². The molecule has 0 spiro atoms. The fraction of sp³-hybridized carbons (Fsp3) is 0.450. The van der Waals surface area contributed by atoms with E-state index in [1.165, 1.54) is 25.9 Å². The van der Waals surface area contributed by atoms with Gasteiger partial charge < -0.3 is 19.1 Å². The molecular weight excluding hydrogens is 316 g/mol. The SMILES string of the molecule is c1cc(OC2CCN3CCCC2C3)ncc1-c1ccc2c(c1)OCO2. The normalized spacial score (nSPS) is 27.1. The largest absolute Gasteiger partial charge is 0.474 e. The quantitative estimate of drug-likeness (QED) is 0.859. The highest BCUT2D eigenvalue weighted by Crippen LogP contribution is 2.36. The highest BCUT2D eigenvalue weighted by Gasteiger charge is 2.33. The number of aromatic nitrogens is 1. The number of nitrogens with zero attached hydrogens (tertiary/aromatic N) is 2. The van der Waals surface area contributed by atoms with Crippen LogP contribution in [-0.4, -0.2) is 42.4 Å². The number of hydrogen-bond acceptors (Lipinski definition) is 5. The highest BCUT2D eigenvalue weighted by atomic mass is 16.7. The van der Waals surface area contributed by atoms with Gasteiger partial charge in [-0.3, -0.25) is 0 Å². The molecule has 2 saturated heterocycles. The maximum absolute atomic E-state index is 6.22. The first-order chi connectivity index (χ1) is 12.3. The van der Waals surface area contributed by atoms with Gasteiger partial charge in [0.2, 0.25) is 12.7 Å². The molecule has 3 aliphatic rings. The molecule has 0 N–H and O–H groups in total. The molecule has 1 aromatic heterocycles. The van der Waals surface area contributed by atoms with Crippen molar-refractivity contribution in [3.8, 4) is 28.5 Å². The first-order valence-electron chi connectivity index (χ1n) is 9.10. The van der Waals surface area contributed by atoms with Gasteiger partial charge in [0.05, 0.1) is 0 Å². The Labute approximate surface area is 147 Å². The van der Waals surface area contributed by atoms with E-state index in [1.54, 1.807) is 0 Å². The second-order valence-electron chi connectivity index (χ2n) is 7.10. The van der Waals surface area contributed by atoms with Crippen LogP contribution in [-0.2, 0) is 0 Å². The Balaban J connectivity index is 1.30. The lowest BCUT2D eigenvalue weighted by atomic mass is 9.87. The van der Waals surface area contributed by atoms with Crippen molar-refractivity contribution in [3.05, 3.63) is 36.5 Å². The fourth-order valence-electron chi connectivity index (χ4n) is 4.15. The van der Waals surface area contributed by atoms with E-state index in [0.29, 0.717) is 18.8 Å². The summed E-state index contributed by atoms with van der Waals surface area (Å²) in [4.78, 5) is 7.10. The number of fused-ring (bicyclic) bond motifs is 3. The predicted octanol–water partition coefficient (Wildman–Crippen LogP) is 3.34. The van der Waals surface area contributed by atoms with Gasteiger partial charge in [0, 0.05) is 36.8 Å². The van der Waals surface area contributed by atoms with Crippen LogP contribution in [0.5, 0.6) is 17.4 Å². The smallest absolute Gasteiger partial charge is 0.231 e. The van der Waals surface area contributed by atoms with Crippen molar-refractivity contribution in [2.75, 3.05) is 26.4 Å². The van der Waals surface area contributed by atoms with E-state index in [2.05, 4.69) is 16.0 Å². The third kappa shape index (κ3) is 2.93. The van der Waals surface area contributed by atoms with E-state index in [-0.39, 0.29) is 0 Å². The Hall–Kier alpha value is -2.27. The number of rotatable bonds is 3. The van der Waals surface area contributed by atoms with Crippen molar-refractivity contribution in [2.45, 2.75) is 25.4 Å². The predicted molar refractivity (Wildman–Crippen MR) is 94.0 cm³/mol. The molecule has 2 fully saturated rings. The zero-order valence-electron chi connectivity index (χ0n) is 14.2. The molecule has 3 aliphatic heterocycles. The Morgan fingerprint density at radius 1 is 1.00 bits per heavy atom. The van der Waals surface area contributed by atoms with E-state index in [0.717, 1.165) is 41.5 Å². The van der Waals surface area contributed by atoms with Crippen LogP contribution in [0.3, 0.4) is 0 Å². The number of pyridine rings is 1. The first kappa shape index (κ1) is 15.0. The Morgan fingerprint density at radius 2 is 1.92 bits per heavy atom. The fourth-order valence-corrected chi connectivity index (χ4v) is 4.15. The van der Waals surface area contributed by atoms with Crippen LogP contribution in [0.1, 0.15) is 19.3 Å². The first-order valence-corrected chi connectivity index (χ1v) is 9.10. The lowest BCUT2D eigenvalue weighted by Gasteiger charge is -2.42. The Morgan fingerprint density at radius 3 is 2.84 bits per heavy atom. The summed E-state index contributed by atoms with van der Waals surface area (Å²) in [6.45, 7) is 3.88. The molecule has 4 heterocycles. The molecule has 5 rings (SSSR count). The van der Waals surface area contributed by atoms with Gasteiger partial charge in [-0.1, -0.05) is 6.07 Å². The van der Waals surface area contributed by atoms with Gasteiger partial charge >= 0.3 is 0 Å². The monoisotopic (exact) mass is 338 g/mol.